The number of nitrogens with one attached hydrogen (secondary N) is 1. The standard InChI is InChI=1S/C17H26N2O2/c1-2-9-19(13-15-6-4-8-18-12-15)17(21)11-14-5-3-7-16(20)10-14/h3,5,7,10,15,18,20H,2,4,6,8-9,11-13H2,1H3. The smallest absolute Gasteiger partial charge is 0.227 e. The lowest BCUT2D eigenvalue weighted by atomic mass is 9.98. The summed E-state index contributed by atoms with van der Waals surface area (Å²) in [5, 5.41) is 12.9. The normalized spacial score (nSPS) is 18.4. The lowest BCUT2D eigenvalue weighted by Gasteiger charge is -2.30. The molecular weight excluding hydrogens is 264 g/mol. The molecule has 1 aliphatic rings. The van der Waals surface area contributed by atoms with Gasteiger partial charge >= 0.3 is 0 Å². The number of hydrogen-bond donors (Lipinski definition) is 2. The van der Waals surface area contributed by atoms with Crippen LogP contribution < -0.4 is 5.32 Å². The molecule has 2 rings (SSSR count). The maximum Gasteiger partial charge on any atom is 0.227 e. The van der Waals surface area contributed by atoms with Crippen molar-refractivity contribution in [2.45, 2.75) is 32.6 Å². The molecule has 0 bridgehead atoms. The van der Waals surface area contributed by atoms with E-state index in [2.05, 4.69) is 12.2 Å². The Kier molecular flexibility index (Phi) is 6.05. The molecule has 0 aliphatic carbocycles. The van der Waals surface area contributed by atoms with E-state index in [-0.39, 0.29) is 11.7 Å². The molecule has 2 N–H and O–H groups in total. The van der Waals surface area contributed by atoms with Gasteiger partial charge in [-0.2, -0.15) is 0 Å². The van der Waals surface area contributed by atoms with Crippen molar-refractivity contribution in [1.29, 1.82) is 0 Å². The van der Waals surface area contributed by atoms with Crippen molar-refractivity contribution >= 4 is 5.91 Å². The van der Waals surface area contributed by atoms with E-state index < -0.39 is 0 Å². The molecular formula is C17H26N2O2. The van der Waals surface area contributed by atoms with Gasteiger partial charge in [0.1, 0.15) is 5.75 Å². The molecule has 0 saturated carbocycles. The Morgan fingerprint density at radius 3 is 3.00 bits per heavy atom. The first kappa shape index (κ1) is 15.8. The van der Waals surface area contributed by atoms with Gasteiger partial charge in [0.2, 0.25) is 5.91 Å². The highest BCUT2D eigenvalue weighted by atomic mass is 16.3. The number of nitrogens with zero attached hydrogens (tertiary/aromatic N) is 1. The Morgan fingerprint density at radius 1 is 1.48 bits per heavy atom. The van der Waals surface area contributed by atoms with Gasteiger partial charge in [0, 0.05) is 13.1 Å². The van der Waals surface area contributed by atoms with Gasteiger partial charge in [-0.25, -0.2) is 0 Å². The van der Waals surface area contributed by atoms with E-state index in [1.54, 1.807) is 18.2 Å². The summed E-state index contributed by atoms with van der Waals surface area (Å²) in [4.78, 5) is 14.5. The number of rotatable bonds is 6. The van der Waals surface area contributed by atoms with Gasteiger partial charge in [-0.3, -0.25) is 4.79 Å². The second-order valence-corrected chi connectivity index (χ2v) is 5.90. The van der Waals surface area contributed by atoms with Crippen molar-refractivity contribution in [3.05, 3.63) is 29.8 Å². The van der Waals surface area contributed by atoms with Crippen LogP contribution in [-0.4, -0.2) is 42.1 Å². The molecule has 21 heavy (non-hydrogen) atoms. The summed E-state index contributed by atoms with van der Waals surface area (Å²) in [6, 6.07) is 6.98. The minimum Gasteiger partial charge on any atom is -0.508 e. The summed E-state index contributed by atoms with van der Waals surface area (Å²) >= 11 is 0. The number of carbonyl (C=O) groups is 1. The van der Waals surface area contributed by atoms with E-state index in [1.165, 1.54) is 12.8 Å². The summed E-state index contributed by atoms with van der Waals surface area (Å²) in [6.07, 6.45) is 3.75. The van der Waals surface area contributed by atoms with Crippen LogP contribution in [-0.2, 0) is 11.2 Å². The molecule has 4 nitrogen and oxygen atoms in total. The first-order chi connectivity index (χ1) is 10.2. The monoisotopic (exact) mass is 290 g/mol. The summed E-state index contributed by atoms with van der Waals surface area (Å²) in [5.41, 5.74) is 0.878. The fraction of sp³-hybridized carbons (Fsp3) is 0.588. The number of aromatic hydroxyl groups is 1. The van der Waals surface area contributed by atoms with E-state index >= 15 is 0 Å². The molecule has 1 aromatic rings. The maximum absolute atomic E-state index is 12.5. The van der Waals surface area contributed by atoms with Crippen LogP contribution in [0.3, 0.4) is 0 Å². The first-order valence-corrected chi connectivity index (χ1v) is 7.95. The van der Waals surface area contributed by atoms with Crippen LogP contribution in [0.1, 0.15) is 31.7 Å². The van der Waals surface area contributed by atoms with Gasteiger partial charge in [-0.05, 0) is 56.0 Å². The van der Waals surface area contributed by atoms with Crippen molar-refractivity contribution in [1.82, 2.24) is 10.2 Å². The predicted octanol–water partition coefficient (Wildman–Crippen LogP) is 2.17. The van der Waals surface area contributed by atoms with Crippen molar-refractivity contribution < 1.29 is 9.90 Å². The third-order valence-electron chi connectivity index (χ3n) is 3.99. The van der Waals surface area contributed by atoms with Gasteiger partial charge in [0.25, 0.3) is 0 Å². The van der Waals surface area contributed by atoms with Crippen LogP contribution in [0.2, 0.25) is 0 Å². The van der Waals surface area contributed by atoms with Gasteiger partial charge in [-0.1, -0.05) is 19.1 Å². The van der Waals surface area contributed by atoms with Crippen LogP contribution in [0.15, 0.2) is 24.3 Å². The zero-order valence-electron chi connectivity index (χ0n) is 12.8. The van der Waals surface area contributed by atoms with Crippen LogP contribution in [0.5, 0.6) is 5.75 Å². The summed E-state index contributed by atoms with van der Waals surface area (Å²) in [6.45, 7) is 5.88. The molecule has 0 aromatic heterocycles. The Hall–Kier alpha value is -1.55. The van der Waals surface area contributed by atoms with Crippen LogP contribution in [0.25, 0.3) is 0 Å². The largest absolute Gasteiger partial charge is 0.508 e. The molecule has 1 heterocycles. The quantitative estimate of drug-likeness (QED) is 0.844. The summed E-state index contributed by atoms with van der Waals surface area (Å²) in [5.74, 6) is 0.949. The first-order valence-electron chi connectivity index (χ1n) is 7.95. The van der Waals surface area contributed by atoms with Crippen molar-refractivity contribution in [3.8, 4) is 5.75 Å². The average molecular weight is 290 g/mol. The van der Waals surface area contributed by atoms with Crippen LogP contribution >= 0.6 is 0 Å². The Bertz CT molecular complexity index is 456. The SMILES string of the molecule is CCCN(CC1CCCNC1)C(=O)Cc1cccc(O)c1. The molecule has 1 saturated heterocycles. The molecule has 1 aromatic carbocycles. The lowest BCUT2D eigenvalue weighted by molar-refractivity contribution is -0.131. The minimum atomic E-state index is 0.160. The molecule has 1 aliphatic heterocycles. The number of piperidine rings is 1. The molecule has 1 amide bonds. The highest BCUT2D eigenvalue weighted by molar-refractivity contribution is 5.78. The maximum atomic E-state index is 12.5. The number of hydrogen-bond acceptors (Lipinski definition) is 3. The van der Waals surface area contributed by atoms with Gasteiger partial charge in [0.15, 0.2) is 0 Å². The van der Waals surface area contributed by atoms with E-state index in [9.17, 15) is 9.90 Å². The second-order valence-electron chi connectivity index (χ2n) is 5.90. The number of phenols is 1. The summed E-state index contributed by atoms with van der Waals surface area (Å²) in [7, 11) is 0. The Morgan fingerprint density at radius 2 is 2.33 bits per heavy atom. The van der Waals surface area contributed by atoms with E-state index in [0.717, 1.165) is 38.2 Å². The zero-order chi connectivity index (χ0) is 15.1. The van der Waals surface area contributed by atoms with Crippen molar-refractivity contribution in [2.75, 3.05) is 26.2 Å². The minimum absolute atomic E-state index is 0.160. The average Bonchev–Trinajstić information content (AvgIpc) is 2.48. The van der Waals surface area contributed by atoms with E-state index in [1.807, 2.05) is 11.0 Å². The second kappa shape index (κ2) is 8.03. The topological polar surface area (TPSA) is 52.6 Å². The van der Waals surface area contributed by atoms with Gasteiger partial charge in [-0.15, -0.1) is 0 Å². The summed E-state index contributed by atoms with van der Waals surface area (Å²) < 4.78 is 0. The number of amides is 1. The Balaban J connectivity index is 1.94. The molecule has 0 radical (unpaired) electrons. The Labute approximate surface area is 127 Å². The van der Waals surface area contributed by atoms with Gasteiger partial charge < -0.3 is 15.3 Å². The van der Waals surface area contributed by atoms with Crippen LogP contribution in [0.4, 0.5) is 0 Å². The third kappa shape index (κ3) is 5.05. The lowest BCUT2D eigenvalue weighted by Crippen LogP contribution is -2.42. The van der Waals surface area contributed by atoms with Crippen molar-refractivity contribution in [2.24, 2.45) is 5.92 Å². The highest BCUT2D eigenvalue weighted by Crippen LogP contribution is 2.15. The molecule has 1 fully saturated rings. The highest BCUT2D eigenvalue weighted by Gasteiger charge is 2.20. The fourth-order valence-corrected chi connectivity index (χ4v) is 2.93. The zero-order valence-corrected chi connectivity index (χ0v) is 12.8. The number of carbonyl (C=O) groups excluding carboxylic acids is 1. The fourth-order valence-electron chi connectivity index (χ4n) is 2.93. The van der Waals surface area contributed by atoms with Gasteiger partial charge in [0.05, 0.1) is 6.42 Å². The third-order valence-corrected chi connectivity index (χ3v) is 3.99. The number of phenolic OH excluding ortho intramolecular Hbond substituents is 1. The molecule has 0 spiro atoms. The van der Waals surface area contributed by atoms with Crippen LogP contribution in [0, 0.1) is 5.92 Å². The molecule has 1 unspecified atom stereocenters. The molecule has 1 atom stereocenters. The number of benzene rings is 1. The predicted molar refractivity (Wildman–Crippen MR) is 84.3 cm³/mol. The van der Waals surface area contributed by atoms with E-state index in [0.29, 0.717) is 12.3 Å². The molecule has 116 valence electrons. The molecule has 4 heteroatoms. The van der Waals surface area contributed by atoms with Crippen molar-refractivity contribution in [3.63, 3.8) is 0 Å². The van der Waals surface area contributed by atoms with E-state index in [4.69, 9.17) is 0 Å².